The van der Waals surface area contributed by atoms with Crippen LogP contribution in [0.2, 0.25) is 0 Å². The van der Waals surface area contributed by atoms with E-state index in [4.69, 9.17) is 10.5 Å². The van der Waals surface area contributed by atoms with Crippen molar-refractivity contribution in [1.29, 1.82) is 5.26 Å². The number of likely N-dealkylation sites (tertiary alicyclic amines) is 1. The van der Waals surface area contributed by atoms with Gasteiger partial charge in [-0.05, 0) is 41.5 Å². The first-order chi connectivity index (χ1) is 19.0. The summed E-state index contributed by atoms with van der Waals surface area (Å²) in [6.07, 6.45) is 2.01. The quantitative estimate of drug-likeness (QED) is 0.246. The number of nitrogens with zero attached hydrogens (tertiary/aromatic N) is 4. The second kappa shape index (κ2) is 11.5. The van der Waals surface area contributed by atoms with Crippen molar-refractivity contribution in [3.63, 3.8) is 0 Å². The number of benzene rings is 3. The number of aliphatic hydroxyl groups is 1. The maximum absolute atomic E-state index is 13.1. The van der Waals surface area contributed by atoms with Gasteiger partial charge in [-0.25, -0.2) is 9.97 Å². The van der Waals surface area contributed by atoms with Crippen LogP contribution in [0.3, 0.4) is 0 Å². The van der Waals surface area contributed by atoms with Gasteiger partial charge in [0.25, 0.3) is 5.91 Å². The summed E-state index contributed by atoms with van der Waals surface area (Å²) in [6.45, 7) is 0.257. The molecule has 2 unspecified atom stereocenters. The highest BCUT2D eigenvalue weighted by Crippen LogP contribution is 2.33. The monoisotopic (exact) mass is 518 g/mol. The van der Waals surface area contributed by atoms with Gasteiger partial charge >= 0.3 is 0 Å². The number of amides is 1. The van der Waals surface area contributed by atoms with Gasteiger partial charge in [0, 0.05) is 13.1 Å². The smallest absolute Gasteiger partial charge is 0.264 e. The Morgan fingerprint density at radius 1 is 1.00 bits per heavy atom. The molecule has 0 aliphatic carbocycles. The van der Waals surface area contributed by atoms with Crippen LogP contribution < -0.4 is 15.8 Å². The van der Waals surface area contributed by atoms with Crippen molar-refractivity contribution in [2.45, 2.75) is 12.1 Å². The minimum atomic E-state index is -0.878. The van der Waals surface area contributed by atoms with Crippen molar-refractivity contribution in [1.82, 2.24) is 14.9 Å². The van der Waals surface area contributed by atoms with E-state index in [9.17, 15) is 15.2 Å². The van der Waals surface area contributed by atoms with Gasteiger partial charge in [-0.3, -0.25) is 4.79 Å². The standard InChI is InChI=1S/C30H26N6O3/c31-16-22(15-20-7-3-1-4-8-20)30(38)36-17-25(26(37)18-36)35-29-27(28(32)33-19-34-29)21-11-13-24(14-12-21)39-23-9-5-2-6-10-23/h1-15,19,25-26,37H,17-18H2,(H3,32,33,34,35)/b22-15-. The Bertz CT molecular complexity index is 1520. The first-order valence-electron chi connectivity index (χ1n) is 12.4. The van der Waals surface area contributed by atoms with Crippen molar-refractivity contribution in [3.8, 4) is 28.7 Å². The maximum Gasteiger partial charge on any atom is 0.264 e. The van der Waals surface area contributed by atoms with Crippen LogP contribution in [0.4, 0.5) is 11.6 Å². The Morgan fingerprint density at radius 3 is 2.36 bits per heavy atom. The molecule has 9 heteroatoms. The molecule has 9 nitrogen and oxygen atoms in total. The summed E-state index contributed by atoms with van der Waals surface area (Å²) in [6, 6.07) is 27.4. The minimum Gasteiger partial charge on any atom is -0.457 e. The Hall–Kier alpha value is -5.20. The summed E-state index contributed by atoms with van der Waals surface area (Å²) in [7, 11) is 0. The molecule has 2 heterocycles. The van der Waals surface area contributed by atoms with Gasteiger partial charge in [0.1, 0.15) is 41.1 Å². The van der Waals surface area contributed by atoms with Gasteiger partial charge in [0.15, 0.2) is 0 Å². The van der Waals surface area contributed by atoms with Crippen LogP contribution in [0.1, 0.15) is 5.56 Å². The molecular weight excluding hydrogens is 492 g/mol. The molecule has 0 spiro atoms. The number of β-amino-alcohol motifs (C(OH)–C–C–N with tert-alkyl or cyclic N) is 1. The summed E-state index contributed by atoms with van der Waals surface area (Å²) in [4.78, 5) is 23.0. The van der Waals surface area contributed by atoms with Crippen LogP contribution in [0, 0.1) is 11.3 Å². The summed E-state index contributed by atoms with van der Waals surface area (Å²) < 4.78 is 5.88. The van der Waals surface area contributed by atoms with Gasteiger partial charge in [0.2, 0.25) is 0 Å². The van der Waals surface area contributed by atoms with Crippen LogP contribution in [-0.4, -0.2) is 51.1 Å². The lowest BCUT2D eigenvalue weighted by molar-refractivity contribution is -0.126. The van der Waals surface area contributed by atoms with Crippen molar-refractivity contribution in [3.05, 3.63) is 102 Å². The number of ether oxygens (including phenoxy) is 1. The number of carbonyl (C=O) groups is 1. The van der Waals surface area contributed by atoms with E-state index in [-0.39, 0.29) is 24.5 Å². The molecule has 1 aliphatic rings. The van der Waals surface area contributed by atoms with Gasteiger partial charge in [-0.15, -0.1) is 0 Å². The Balaban J connectivity index is 1.32. The van der Waals surface area contributed by atoms with Crippen molar-refractivity contribution >= 4 is 23.6 Å². The highest BCUT2D eigenvalue weighted by atomic mass is 16.5. The molecule has 0 saturated carbocycles. The summed E-state index contributed by atoms with van der Waals surface area (Å²) >= 11 is 0. The molecule has 1 fully saturated rings. The number of aliphatic hydroxyl groups excluding tert-OH is 1. The van der Waals surface area contributed by atoms with Crippen molar-refractivity contribution < 1.29 is 14.6 Å². The molecule has 1 aliphatic heterocycles. The molecule has 39 heavy (non-hydrogen) atoms. The third-order valence-electron chi connectivity index (χ3n) is 6.36. The van der Waals surface area contributed by atoms with Crippen LogP contribution in [-0.2, 0) is 4.79 Å². The molecule has 5 rings (SSSR count). The first kappa shape index (κ1) is 25.4. The average molecular weight is 519 g/mol. The molecule has 0 radical (unpaired) electrons. The molecule has 1 aromatic heterocycles. The zero-order chi connectivity index (χ0) is 27.2. The van der Waals surface area contributed by atoms with E-state index in [1.165, 1.54) is 11.2 Å². The van der Waals surface area contributed by atoms with E-state index in [0.717, 1.165) is 16.9 Å². The predicted molar refractivity (Wildman–Crippen MR) is 148 cm³/mol. The zero-order valence-corrected chi connectivity index (χ0v) is 20.9. The van der Waals surface area contributed by atoms with E-state index in [2.05, 4.69) is 15.3 Å². The molecule has 2 atom stereocenters. The summed E-state index contributed by atoms with van der Waals surface area (Å²) in [5.41, 5.74) is 8.31. The second-order valence-corrected chi connectivity index (χ2v) is 9.03. The molecule has 194 valence electrons. The second-order valence-electron chi connectivity index (χ2n) is 9.03. The number of hydrogen-bond donors (Lipinski definition) is 3. The third kappa shape index (κ3) is 5.87. The minimum absolute atomic E-state index is 0.00108. The molecule has 0 bridgehead atoms. The highest BCUT2D eigenvalue weighted by molar-refractivity contribution is 6.02. The summed E-state index contributed by atoms with van der Waals surface area (Å²) in [5.74, 6) is 1.64. The predicted octanol–water partition coefficient (Wildman–Crippen LogP) is 4.11. The number of rotatable bonds is 7. The van der Waals surface area contributed by atoms with Gasteiger partial charge in [-0.1, -0.05) is 60.7 Å². The van der Waals surface area contributed by atoms with E-state index in [1.807, 2.05) is 91.0 Å². The number of aromatic nitrogens is 2. The molecule has 4 N–H and O–H groups in total. The number of nitrogens with two attached hydrogens (primary N) is 1. The molecular formula is C30H26N6O3. The van der Waals surface area contributed by atoms with Crippen LogP contribution >= 0.6 is 0 Å². The number of hydrogen-bond acceptors (Lipinski definition) is 8. The number of carbonyl (C=O) groups excluding carboxylic acids is 1. The number of nitrogens with one attached hydrogen (secondary N) is 1. The topological polar surface area (TPSA) is 137 Å². The fourth-order valence-electron chi connectivity index (χ4n) is 4.41. The SMILES string of the molecule is N#C/C(=C/c1ccccc1)C(=O)N1CC(O)C(Nc2ncnc(N)c2-c2ccc(Oc3ccccc3)cc2)C1. The number of nitrogen functional groups attached to an aromatic ring is 1. The van der Waals surface area contributed by atoms with Gasteiger partial charge < -0.3 is 25.8 Å². The van der Waals surface area contributed by atoms with Gasteiger partial charge in [0.05, 0.1) is 17.7 Å². The van der Waals surface area contributed by atoms with Crippen molar-refractivity contribution in [2.24, 2.45) is 0 Å². The molecule has 3 aromatic carbocycles. The normalized spacial score (nSPS) is 16.9. The molecule has 1 amide bonds. The number of nitriles is 1. The highest BCUT2D eigenvalue weighted by Gasteiger charge is 2.36. The Kier molecular flexibility index (Phi) is 7.48. The Labute approximate surface area is 225 Å². The lowest BCUT2D eigenvalue weighted by Gasteiger charge is -2.20. The largest absolute Gasteiger partial charge is 0.457 e. The first-order valence-corrected chi connectivity index (χ1v) is 12.4. The van der Waals surface area contributed by atoms with Crippen molar-refractivity contribution in [2.75, 3.05) is 24.1 Å². The lowest BCUT2D eigenvalue weighted by Crippen LogP contribution is -2.33. The van der Waals surface area contributed by atoms with E-state index < -0.39 is 18.1 Å². The van der Waals surface area contributed by atoms with Crippen LogP contribution in [0.25, 0.3) is 17.2 Å². The number of anilines is 2. The summed E-state index contributed by atoms with van der Waals surface area (Å²) in [5, 5.41) is 23.6. The van der Waals surface area contributed by atoms with Gasteiger partial charge in [-0.2, -0.15) is 5.26 Å². The van der Waals surface area contributed by atoms with Crippen LogP contribution in [0.15, 0.2) is 96.8 Å². The fraction of sp³-hybridized carbons (Fsp3) is 0.133. The maximum atomic E-state index is 13.1. The molecule has 1 saturated heterocycles. The average Bonchev–Trinajstić information content (AvgIpc) is 3.33. The van der Waals surface area contributed by atoms with E-state index in [1.54, 1.807) is 6.08 Å². The Morgan fingerprint density at radius 2 is 1.67 bits per heavy atom. The third-order valence-corrected chi connectivity index (χ3v) is 6.36. The van der Waals surface area contributed by atoms with Crippen LogP contribution in [0.5, 0.6) is 11.5 Å². The van der Waals surface area contributed by atoms with E-state index >= 15 is 0 Å². The lowest BCUT2D eigenvalue weighted by atomic mass is 10.1. The fourth-order valence-corrected chi connectivity index (χ4v) is 4.41. The molecule has 4 aromatic rings. The number of para-hydroxylation sites is 1. The zero-order valence-electron chi connectivity index (χ0n) is 20.9. The van der Waals surface area contributed by atoms with E-state index in [0.29, 0.717) is 17.1 Å².